The molecule has 0 amide bonds. The minimum Gasteiger partial charge on any atom is -0.481 e. The summed E-state index contributed by atoms with van der Waals surface area (Å²) >= 11 is 0. The van der Waals surface area contributed by atoms with E-state index in [-0.39, 0.29) is 25.6 Å². The summed E-state index contributed by atoms with van der Waals surface area (Å²) in [5.41, 5.74) is -2.56. The average Bonchev–Trinajstić information content (AvgIpc) is 2.95. The number of aliphatic carboxylic acids is 1. The van der Waals surface area contributed by atoms with Crippen molar-refractivity contribution in [3.63, 3.8) is 0 Å². The SMILES string of the molecule is CCC1CCC(N2CCC(C(=O)O)(C(F)(F)F)C2)C1. The van der Waals surface area contributed by atoms with Gasteiger partial charge in [-0.1, -0.05) is 13.3 Å². The number of likely N-dealkylation sites (tertiary alicyclic amines) is 1. The van der Waals surface area contributed by atoms with Crippen LogP contribution in [0.1, 0.15) is 39.0 Å². The van der Waals surface area contributed by atoms with Gasteiger partial charge in [-0.3, -0.25) is 9.69 Å². The topological polar surface area (TPSA) is 40.5 Å². The molecule has 0 aromatic rings. The second-order valence-corrected chi connectivity index (χ2v) is 5.85. The van der Waals surface area contributed by atoms with E-state index in [9.17, 15) is 18.0 Å². The summed E-state index contributed by atoms with van der Waals surface area (Å²) in [6, 6.07) is 0.133. The Morgan fingerprint density at radius 3 is 2.53 bits per heavy atom. The molecule has 0 aromatic carbocycles. The van der Waals surface area contributed by atoms with Crippen molar-refractivity contribution in [3.8, 4) is 0 Å². The highest BCUT2D eigenvalue weighted by Crippen LogP contribution is 2.47. The normalized spacial score (nSPS) is 36.8. The number of halogens is 3. The van der Waals surface area contributed by atoms with Crippen LogP contribution in [0.15, 0.2) is 0 Å². The van der Waals surface area contributed by atoms with Crippen molar-refractivity contribution in [3.05, 3.63) is 0 Å². The maximum absolute atomic E-state index is 13.1. The van der Waals surface area contributed by atoms with Crippen LogP contribution in [-0.4, -0.2) is 41.3 Å². The minimum absolute atomic E-state index is 0.133. The molecule has 2 fully saturated rings. The van der Waals surface area contributed by atoms with Crippen molar-refractivity contribution in [2.45, 2.75) is 51.2 Å². The maximum atomic E-state index is 13.1. The Kier molecular flexibility index (Phi) is 3.82. The Balaban J connectivity index is 2.08. The molecule has 1 saturated carbocycles. The van der Waals surface area contributed by atoms with E-state index in [1.807, 2.05) is 0 Å². The van der Waals surface area contributed by atoms with Gasteiger partial charge < -0.3 is 5.11 Å². The fraction of sp³-hybridized carbons (Fsp3) is 0.923. The van der Waals surface area contributed by atoms with Gasteiger partial charge in [0.05, 0.1) is 0 Å². The van der Waals surface area contributed by atoms with Gasteiger partial charge >= 0.3 is 12.1 Å². The standard InChI is InChI=1S/C13H20F3NO2/c1-2-9-3-4-10(7-9)17-6-5-12(8-17,11(18)19)13(14,15)16/h9-10H,2-8H2,1H3,(H,18,19). The van der Waals surface area contributed by atoms with E-state index in [1.165, 1.54) is 0 Å². The third kappa shape index (κ3) is 2.47. The number of carbonyl (C=O) groups is 1. The molecule has 1 saturated heterocycles. The lowest BCUT2D eigenvalue weighted by Gasteiger charge is -2.29. The van der Waals surface area contributed by atoms with Crippen molar-refractivity contribution >= 4 is 5.97 Å². The molecule has 0 radical (unpaired) electrons. The first kappa shape index (κ1) is 14.6. The summed E-state index contributed by atoms with van der Waals surface area (Å²) in [5.74, 6) is -1.15. The van der Waals surface area contributed by atoms with Crippen molar-refractivity contribution in [1.29, 1.82) is 0 Å². The lowest BCUT2D eigenvalue weighted by molar-refractivity contribution is -0.227. The van der Waals surface area contributed by atoms with Gasteiger partial charge in [-0.25, -0.2) is 0 Å². The molecule has 2 aliphatic rings. The van der Waals surface area contributed by atoms with Gasteiger partial charge in [0.1, 0.15) is 0 Å². The number of nitrogens with zero attached hydrogens (tertiary/aromatic N) is 1. The summed E-state index contributed by atoms with van der Waals surface area (Å²) in [4.78, 5) is 12.9. The van der Waals surface area contributed by atoms with Crippen LogP contribution >= 0.6 is 0 Å². The third-order valence-electron chi connectivity index (χ3n) is 4.86. The molecule has 0 spiro atoms. The number of alkyl halides is 3. The van der Waals surface area contributed by atoms with Crippen LogP contribution in [0.5, 0.6) is 0 Å². The molecule has 3 unspecified atom stereocenters. The molecule has 1 aliphatic heterocycles. The molecule has 2 rings (SSSR count). The Hall–Kier alpha value is -0.780. The van der Waals surface area contributed by atoms with Gasteiger partial charge in [-0.05, 0) is 38.1 Å². The van der Waals surface area contributed by atoms with Crippen molar-refractivity contribution < 1.29 is 23.1 Å². The molecular formula is C13H20F3NO2. The highest BCUT2D eigenvalue weighted by molar-refractivity contribution is 5.76. The summed E-state index contributed by atoms with van der Waals surface area (Å²) in [5, 5.41) is 9.01. The zero-order chi connectivity index (χ0) is 14.3. The van der Waals surface area contributed by atoms with Crippen LogP contribution in [-0.2, 0) is 4.79 Å². The highest BCUT2D eigenvalue weighted by atomic mass is 19.4. The van der Waals surface area contributed by atoms with E-state index in [0.717, 1.165) is 25.7 Å². The molecule has 0 bridgehead atoms. The molecule has 3 nitrogen and oxygen atoms in total. The molecule has 0 aromatic heterocycles. The Morgan fingerprint density at radius 2 is 2.11 bits per heavy atom. The van der Waals surface area contributed by atoms with Crippen LogP contribution in [0.2, 0.25) is 0 Å². The van der Waals surface area contributed by atoms with Crippen LogP contribution in [0.4, 0.5) is 13.2 Å². The molecule has 1 heterocycles. The van der Waals surface area contributed by atoms with Crippen LogP contribution in [0.3, 0.4) is 0 Å². The van der Waals surface area contributed by atoms with E-state index in [1.54, 1.807) is 4.90 Å². The predicted molar refractivity (Wildman–Crippen MR) is 63.7 cm³/mol. The van der Waals surface area contributed by atoms with E-state index in [4.69, 9.17) is 5.11 Å². The van der Waals surface area contributed by atoms with Crippen LogP contribution in [0, 0.1) is 11.3 Å². The second kappa shape index (κ2) is 4.96. The Bertz CT molecular complexity index is 358. The molecule has 19 heavy (non-hydrogen) atoms. The first-order valence-corrected chi connectivity index (χ1v) is 6.84. The molecule has 110 valence electrons. The lowest BCUT2D eigenvalue weighted by Crippen LogP contribution is -2.48. The first-order chi connectivity index (χ1) is 8.80. The van der Waals surface area contributed by atoms with Gasteiger partial charge in [-0.15, -0.1) is 0 Å². The fourth-order valence-corrected chi connectivity index (χ4v) is 3.43. The van der Waals surface area contributed by atoms with Crippen molar-refractivity contribution in [2.75, 3.05) is 13.1 Å². The van der Waals surface area contributed by atoms with Crippen LogP contribution < -0.4 is 0 Å². The van der Waals surface area contributed by atoms with E-state index < -0.39 is 17.6 Å². The molecule has 1 aliphatic carbocycles. The van der Waals surface area contributed by atoms with E-state index >= 15 is 0 Å². The number of hydrogen-bond donors (Lipinski definition) is 1. The second-order valence-electron chi connectivity index (χ2n) is 5.85. The largest absolute Gasteiger partial charge is 0.481 e. The van der Waals surface area contributed by atoms with Crippen molar-refractivity contribution in [2.24, 2.45) is 11.3 Å². The average molecular weight is 279 g/mol. The Morgan fingerprint density at radius 1 is 1.42 bits per heavy atom. The van der Waals surface area contributed by atoms with Gasteiger partial charge in [0.2, 0.25) is 0 Å². The number of carboxylic acids is 1. The Labute approximate surface area is 110 Å². The van der Waals surface area contributed by atoms with Gasteiger partial charge in [-0.2, -0.15) is 13.2 Å². The first-order valence-electron chi connectivity index (χ1n) is 6.84. The van der Waals surface area contributed by atoms with Gasteiger partial charge in [0, 0.05) is 12.6 Å². The highest BCUT2D eigenvalue weighted by Gasteiger charge is 2.64. The molecule has 3 atom stereocenters. The van der Waals surface area contributed by atoms with E-state index in [2.05, 4.69) is 6.92 Å². The summed E-state index contributed by atoms with van der Waals surface area (Å²) in [6.45, 7) is 1.95. The van der Waals surface area contributed by atoms with Gasteiger partial charge in [0.25, 0.3) is 0 Å². The van der Waals surface area contributed by atoms with E-state index in [0.29, 0.717) is 5.92 Å². The number of rotatable bonds is 3. The predicted octanol–water partition coefficient (Wildman–Crippen LogP) is 2.90. The summed E-state index contributed by atoms with van der Waals surface area (Å²) < 4.78 is 39.2. The zero-order valence-corrected chi connectivity index (χ0v) is 11.0. The molecule has 6 heteroatoms. The quantitative estimate of drug-likeness (QED) is 0.863. The van der Waals surface area contributed by atoms with Crippen molar-refractivity contribution in [1.82, 2.24) is 4.90 Å². The number of hydrogen-bond acceptors (Lipinski definition) is 2. The van der Waals surface area contributed by atoms with Crippen LogP contribution in [0.25, 0.3) is 0 Å². The fourth-order valence-electron chi connectivity index (χ4n) is 3.43. The zero-order valence-electron chi connectivity index (χ0n) is 11.0. The summed E-state index contributed by atoms with van der Waals surface area (Å²) in [7, 11) is 0. The smallest absolute Gasteiger partial charge is 0.406 e. The maximum Gasteiger partial charge on any atom is 0.406 e. The third-order valence-corrected chi connectivity index (χ3v) is 4.86. The van der Waals surface area contributed by atoms with Gasteiger partial charge in [0.15, 0.2) is 5.41 Å². The molecular weight excluding hydrogens is 259 g/mol. The number of carboxylic acid groups (broad SMARTS) is 1. The minimum atomic E-state index is -4.67. The lowest BCUT2D eigenvalue weighted by atomic mass is 9.86. The monoisotopic (exact) mass is 279 g/mol. The summed E-state index contributed by atoms with van der Waals surface area (Å²) in [6.07, 6.45) is -1.09. The molecule has 1 N–H and O–H groups in total.